The summed E-state index contributed by atoms with van der Waals surface area (Å²) < 4.78 is 0. The maximum atomic E-state index is 10.8. The monoisotopic (exact) mass is 444 g/mol. The largest absolute Gasteiger partial charge is 0.393 e. The molecule has 3 rings (SSSR count). The van der Waals surface area contributed by atoms with Gasteiger partial charge in [-0.1, -0.05) is 58.4 Å². The molecule has 3 fully saturated rings. The van der Waals surface area contributed by atoms with Gasteiger partial charge in [-0.3, -0.25) is 0 Å². The average molecular weight is 445 g/mol. The Balaban J connectivity index is 1.77. The van der Waals surface area contributed by atoms with Crippen LogP contribution in [0.25, 0.3) is 0 Å². The maximum absolute atomic E-state index is 10.8. The van der Waals surface area contributed by atoms with Crippen molar-refractivity contribution in [3.05, 3.63) is 35.5 Å². The summed E-state index contributed by atoms with van der Waals surface area (Å²) in [5.74, 6) is 2.22. The van der Waals surface area contributed by atoms with Crippen molar-refractivity contribution in [3.63, 3.8) is 0 Å². The molecule has 0 radical (unpaired) electrons. The Labute approximate surface area is 196 Å². The first-order valence-corrected chi connectivity index (χ1v) is 13.1. The van der Waals surface area contributed by atoms with Crippen LogP contribution in [0.5, 0.6) is 0 Å². The predicted molar refractivity (Wildman–Crippen MR) is 133 cm³/mol. The number of fused-ring (bicyclic) bond motifs is 1. The number of hydrogen-bond donors (Lipinski definition) is 3. The van der Waals surface area contributed by atoms with Crippen LogP contribution in [-0.2, 0) is 0 Å². The molecule has 0 heterocycles. The molecule has 0 bridgehead atoms. The Kier molecular flexibility index (Phi) is 8.16. The third-order valence-electron chi connectivity index (χ3n) is 9.58. The summed E-state index contributed by atoms with van der Waals surface area (Å²) in [6.07, 6.45) is 13.9. The van der Waals surface area contributed by atoms with E-state index in [9.17, 15) is 15.3 Å². The van der Waals surface area contributed by atoms with Gasteiger partial charge in [0.15, 0.2) is 0 Å². The van der Waals surface area contributed by atoms with Crippen molar-refractivity contribution in [1.29, 1.82) is 0 Å². The number of allylic oxidation sites excluding steroid dienone is 3. The van der Waals surface area contributed by atoms with Gasteiger partial charge >= 0.3 is 0 Å². The lowest BCUT2D eigenvalue weighted by Crippen LogP contribution is -2.45. The lowest BCUT2D eigenvalue weighted by Gasteiger charge is -2.54. The highest BCUT2D eigenvalue weighted by Gasteiger charge is 2.48. The fourth-order valence-corrected chi connectivity index (χ4v) is 6.88. The summed E-state index contributed by atoms with van der Waals surface area (Å²) in [6, 6.07) is 0. The molecule has 3 aliphatic carbocycles. The van der Waals surface area contributed by atoms with Crippen molar-refractivity contribution in [3.8, 4) is 0 Å². The quantitative estimate of drug-likeness (QED) is 0.448. The minimum atomic E-state index is -0.622. The van der Waals surface area contributed by atoms with E-state index in [1.807, 2.05) is 6.92 Å². The van der Waals surface area contributed by atoms with Gasteiger partial charge in [-0.05, 0) is 98.5 Å². The van der Waals surface area contributed by atoms with Gasteiger partial charge in [-0.2, -0.15) is 0 Å². The molecule has 0 aromatic heterocycles. The second kappa shape index (κ2) is 10.2. The fourth-order valence-electron chi connectivity index (χ4n) is 6.88. The second-order valence-corrected chi connectivity index (χ2v) is 12.0. The van der Waals surface area contributed by atoms with E-state index in [2.05, 4.69) is 46.4 Å². The fraction of sp³-hybridized carbons (Fsp3) is 0.793. The van der Waals surface area contributed by atoms with Crippen molar-refractivity contribution >= 4 is 0 Å². The molecular weight excluding hydrogens is 396 g/mol. The van der Waals surface area contributed by atoms with Gasteiger partial charge in [-0.25, -0.2) is 0 Å². The van der Waals surface area contributed by atoms with Crippen LogP contribution in [0, 0.1) is 29.1 Å². The lowest BCUT2D eigenvalue weighted by atomic mass is 9.51. The smallest absolute Gasteiger partial charge is 0.0811 e. The Hall–Kier alpha value is -0.900. The minimum absolute atomic E-state index is 0.285. The number of aliphatic hydroxyl groups excluding tert-OH is 2. The molecule has 0 saturated heterocycles. The van der Waals surface area contributed by atoms with Crippen molar-refractivity contribution < 1.29 is 15.3 Å². The Morgan fingerprint density at radius 2 is 1.88 bits per heavy atom. The van der Waals surface area contributed by atoms with Crippen LogP contribution in [0.3, 0.4) is 0 Å². The SMILES string of the molecule is C=C1C(=CC=C2CCC[C@]3(C)C([C@H](C)CCC(C)(O)C(C)C)CCC[C@@H]23)C[C@H](O)C[C@@H]1O. The van der Waals surface area contributed by atoms with Gasteiger partial charge in [0.2, 0.25) is 0 Å². The topological polar surface area (TPSA) is 60.7 Å². The third-order valence-corrected chi connectivity index (χ3v) is 9.58. The predicted octanol–water partition coefficient (Wildman–Crippen LogP) is 6.34. The molecule has 3 N–H and O–H groups in total. The third kappa shape index (κ3) is 5.42. The molecule has 3 nitrogen and oxygen atoms in total. The number of hydrogen-bond acceptors (Lipinski definition) is 3. The van der Waals surface area contributed by atoms with Crippen LogP contribution < -0.4 is 0 Å². The number of rotatable bonds is 6. The molecular formula is C29H48O3. The van der Waals surface area contributed by atoms with E-state index >= 15 is 0 Å². The molecule has 3 heteroatoms. The molecule has 0 aliphatic heterocycles. The first-order valence-electron chi connectivity index (χ1n) is 13.1. The molecule has 3 aliphatic rings. The van der Waals surface area contributed by atoms with Crippen molar-refractivity contribution in [2.45, 2.75) is 117 Å². The molecule has 182 valence electrons. The normalized spacial score (nSPS) is 39.2. The van der Waals surface area contributed by atoms with E-state index in [-0.39, 0.29) is 5.92 Å². The van der Waals surface area contributed by atoms with Crippen molar-refractivity contribution in [2.75, 3.05) is 0 Å². The Bertz CT molecular complexity index is 731. The summed E-state index contributed by atoms with van der Waals surface area (Å²) >= 11 is 0. The van der Waals surface area contributed by atoms with Crippen LogP contribution in [0.1, 0.15) is 98.8 Å². The van der Waals surface area contributed by atoms with Crippen LogP contribution in [0.2, 0.25) is 0 Å². The van der Waals surface area contributed by atoms with E-state index in [1.165, 1.54) is 32.1 Å². The summed E-state index contributed by atoms with van der Waals surface area (Å²) in [5.41, 5.74) is 3.09. The van der Waals surface area contributed by atoms with Crippen molar-refractivity contribution in [2.24, 2.45) is 29.1 Å². The second-order valence-electron chi connectivity index (χ2n) is 12.0. The van der Waals surface area contributed by atoms with Gasteiger partial charge in [-0.15, -0.1) is 0 Å². The Morgan fingerprint density at radius 3 is 2.56 bits per heavy atom. The average Bonchev–Trinajstić information content (AvgIpc) is 2.72. The maximum Gasteiger partial charge on any atom is 0.0811 e. The van der Waals surface area contributed by atoms with E-state index in [0.717, 1.165) is 30.4 Å². The van der Waals surface area contributed by atoms with Crippen molar-refractivity contribution in [1.82, 2.24) is 0 Å². The summed E-state index contributed by atoms with van der Waals surface area (Å²) in [6.45, 7) is 15.3. The Morgan fingerprint density at radius 1 is 1.16 bits per heavy atom. The number of aliphatic hydroxyl groups is 3. The highest BCUT2D eigenvalue weighted by Crippen LogP contribution is 2.58. The zero-order chi connectivity index (χ0) is 23.7. The first kappa shape index (κ1) is 25.7. The van der Waals surface area contributed by atoms with E-state index < -0.39 is 17.8 Å². The highest BCUT2D eigenvalue weighted by molar-refractivity contribution is 5.38. The molecule has 7 atom stereocenters. The molecule has 0 spiro atoms. The standard InChI is InChI=1S/C29H48O3/c1-19(2)29(6,32)16-14-20(3)25-10-7-11-26-22(9-8-15-28(25,26)5)12-13-23-17-24(30)18-27(31)21(23)4/h12-13,19-20,24-27,30-32H,4,7-11,14-18H2,1-3,5-6H3/t20-,24+,25?,26+,27+,28-,29?/m1/s1. The van der Waals surface area contributed by atoms with E-state index in [4.69, 9.17) is 0 Å². The van der Waals surface area contributed by atoms with Gasteiger partial charge in [0, 0.05) is 6.42 Å². The van der Waals surface area contributed by atoms with Gasteiger partial charge in [0.25, 0.3) is 0 Å². The lowest BCUT2D eigenvalue weighted by molar-refractivity contribution is -0.0258. The van der Waals surface area contributed by atoms with Gasteiger partial charge < -0.3 is 15.3 Å². The molecule has 3 saturated carbocycles. The molecule has 2 unspecified atom stereocenters. The van der Waals surface area contributed by atoms with E-state index in [1.54, 1.807) is 5.57 Å². The zero-order valence-electron chi connectivity index (χ0n) is 21.2. The van der Waals surface area contributed by atoms with Gasteiger partial charge in [0.1, 0.15) is 0 Å². The van der Waals surface area contributed by atoms with Crippen LogP contribution >= 0.6 is 0 Å². The molecule has 0 amide bonds. The van der Waals surface area contributed by atoms with Crippen LogP contribution in [-0.4, -0.2) is 33.1 Å². The van der Waals surface area contributed by atoms with Gasteiger partial charge in [0.05, 0.1) is 17.8 Å². The first-order chi connectivity index (χ1) is 15.0. The summed E-state index contributed by atoms with van der Waals surface area (Å²) in [5, 5.41) is 31.0. The molecule has 0 aromatic carbocycles. The van der Waals surface area contributed by atoms with E-state index in [0.29, 0.717) is 36.0 Å². The zero-order valence-corrected chi connectivity index (χ0v) is 21.2. The summed E-state index contributed by atoms with van der Waals surface area (Å²) in [4.78, 5) is 0. The minimum Gasteiger partial charge on any atom is -0.393 e. The van der Waals surface area contributed by atoms with Crippen LogP contribution in [0.4, 0.5) is 0 Å². The molecule has 0 aromatic rings. The van der Waals surface area contributed by atoms with Crippen LogP contribution in [0.15, 0.2) is 35.5 Å². The summed E-state index contributed by atoms with van der Waals surface area (Å²) in [7, 11) is 0. The molecule has 32 heavy (non-hydrogen) atoms. The highest BCUT2D eigenvalue weighted by atomic mass is 16.3.